The molecular weight excluding hydrogens is 351 g/mol. The number of hydrogen-bond donors (Lipinski definition) is 4. The lowest BCUT2D eigenvalue weighted by Crippen LogP contribution is -2.43. The zero-order valence-corrected chi connectivity index (χ0v) is 12.2. The molecule has 1 aromatic carbocycles. The van der Waals surface area contributed by atoms with Gasteiger partial charge in [-0.05, 0) is 24.6 Å². The summed E-state index contributed by atoms with van der Waals surface area (Å²) in [5.74, 6) is -3.25. The molecule has 0 radical (unpaired) electrons. The molecule has 2 amide bonds. The van der Waals surface area contributed by atoms with Gasteiger partial charge in [0.15, 0.2) is 0 Å². The van der Waals surface area contributed by atoms with Crippen LogP contribution in [-0.2, 0) is 9.59 Å². The van der Waals surface area contributed by atoms with Crippen molar-refractivity contribution in [2.45, 2.75) is 18.9 Å². The summed E-state index contributed by atoms with van der Waals surface area (Å²) in [6.45, 7) is 0. The van der Waals surface area contributed by atoms with Crippen LogP contribution in [0.5, 0.6) is 0 Å². The molecule has 0 saturated carbocycles. The fraction of sp³-hybridized carbons (Fsp3) is 0.250. The van der Waals surface area contributed by atoms with Crippen molar-refractivity contribution < 1.29 is 29.0 Å². The molecular formula is C12H12BrFN2O5. The number of urea groups is 1. The molecule has 1 atom stereocenters. The van der Waals surface area contributed by atoms with Crippen LogP contribution >= 0.6 is 15.9 Å². The van der Waals surface area contributed by atoms with Crippen molar-refractivity contribution in [1.29, 1.82) is 0 Å². The van der Waals surface area contributed by atoms with E-state index in [1.807, 2.05) is 0 Å². The first-order valence-electron chi connectivity index (χ1n) is 5.76. The van der Waals surface area contributed by atoms with Crippen LogP contribution < -0.4 is 10.6 Å². The standard InChI is InChI=1S/C12H12BrFN2O5/c13-6-1-2-8(7(14)5-6)15-12(21)16-9(11(19)20)3-4-10(17)18/h1-2,5,9H,3-4H2,(H,17,18)(H,19,20)(H2,15,16,21). The second kappa shape index (κ2) is 7.58. The Morgan fingerprint density at radius 2 is 1.95 bits per heavy atom. The third-order valence-electron chi connectivity index (χ3n) is 2.43. The molecule has 0 heterocycles. The highest BCUT2D eigenvalue weighted by Gasteiger charge is 2.21. The molecule has 7 nitrogen and oxygen atoms in total. The average molecular weight is 363 g/mol. The molecule has 0 saturated heterocycles. The van der Waals surface area contributed by atoms with E-state index in [2.05, 4.69) is 26.6 Å². The maximum atomic E-state index is 13.5. The summed E-state index contributed by atoms with van der Waals surface area (Å²) in [5.41, 5.74) is -0.127. The summed E-state index contributed by atoms with van der Waals surface area (Å²) in [6.07, 6.45) is -0.690. The van der Waals surface area contributed by atoms with Crippen molar-refractivity contribution in [3.63, 3.8) is 0 Å². The van der Waals surface area contributed by atoms with Crippen molar-refractivity contribution in [3.8, 4) is 0 Å². The van der Waals surface area contributed by atoms with Gasteiger partial charge in [0.05, 0.1) is 5.69 Å². The minimum absolute atomic E-state index is 0.127. The van der Waals surface area contributed by atoms with Gasteiger partial charge >= 0.3 is 18.0 Å². The van der Waals surface area contributed by atoms with E-state index >= 15 is 0 Å². The van der Waals surface area contributed by atoms with E-state index in [0.29, 0.717) is 4.47 Å². The minimum atomic E-state index is -1.38. The van der Waals surface area contributed by atoms with Crippen LogP contribution in [0.1, 0.15) is 12.8 Å². The number of hydrogen-bond acceptors (Lipinski definition) is 3. The van der Waals surface area contributed by atoms with E-state index < -0.39 is 36.2 Å². The number of carbonyl (C=O) groups excluding carboxylic acids is 1. The Balaban J connectivity index is 2.65. The summed E-state index contributed by atoms with van der Waals surface area (Å²) in [6, 6.07) is 1.62. The molecule has 21 heavy (non-hydrogen) atoms. The van der Waals surface area contributed by atoms with Gasteiger partial charge < -0.3 is 20.8 Å². The number of halogens is 2. The number of benzene rings is 1. The zero-order valence-electron chi connectivity index (χ0n) is 10.6. The second-order valence-corrected chi connectivity index (χ2v) is 4.96. The Labute approximate surface area is 127 Å². The van der Waals surface area contributed by atoms with Gasteiger partial charge in [-0.3, -0.25) is 4.79 Å². The molecule has 4 N–H and O–H groups in total. The number of carboxylic acids is 2. The van der Waals surface area contributed by atoms with Crippen molar-refractivity contribution >= 4 is 39.6 Å². The summed E-state index contributed by atoms with van der Waals surface area (Å²) in [4.78, 5) is 32.9. The smallest absolute Gasteiger partial charge is 0.326 e. The van der Waals surface area contributed by atoms with Gasteiger partial charge in [-0.25, -0.2) is 14.0 Å². The Bertz CT molecular complexity index is 567. The maximum Gasteiger partial charge on any atom is 0.326 e. The van der Waals surface area contributed by atoms with Crippen molar-refractivity contribution in [3.05, 3.63) is 28.5 Å². The van der Waals surface area contributed by atoms with Gasteiger partial charge in [-0.15, -0.1) is 0 Å². The van der Waals surface area contributed by atoms with Crippen molar-refractivity contribution in [2.24, 2.45) is 0 Å². The molecule has 1 rings (SSSR count). The van der Waals surface area contributed by atoms with E-state index in [-0.39, 0.29) is 12.1 Å². The summed E-state index contributed by atoms with van der Waals surface area (Å²) in [5, 5.41) is 21.6. The van der Waals surface area contributed by atoms with E-state index in [9.17, 15) is 18.8 Å². The van der Waals surface area contributed by atoms with Crippen LogP contribution in [0, 0.1) is 5.82 Å². The van der Waals surface area contributed by atoms with Gasteiger partial charge in [0.2, 0.25) is 0 Å². The Kier molecular flexibility index (Phi) is 6.10. The molecule has 1 unspecified atom stereocenters. The molecule has 0 aliphatic carbocycles. The largest absolute Gasteiger partial charge is 0.481 e. The van der Waals surface area contributed by atoms with Crippen LogP contribution in [0.25, 0.3) is 0 Å². The van der Waals surface area contributed by atoms with E-state index in [4.69, 9.17) is 10.2 Å². The number of nitrogens with one attached hydrogen (secondary N) is 2. The first kappa shape index (κ1) is 16.9. The lowest BCUT2D eigenvalue weighted by Gasteiger charge is -2.14. The van der Waals surface area contributed by atoms with Crippen molar-refractivity contribution in [1.82, 2.24) is 5.32 Å². The zero-order chi connectivity index (χ0) is 16.0. The van der Waals surface area contributed by atoms with E-state index in [1.165, 1.54) is 12.1 Å². The molecule has 114 valence electrons. The number of anilines is 1. The fourth-order valence-electron chi connectivity index (χ4n) is 1.43. The predicted octanol–water partition coefficient (Wildman–Crippen LogP) is 2.03. The van der Waals surface area contributed by atoms with E-state index in [0.717, 1.165) is 6.07 Å². The van der Waals surface area contributed by atoms with Gasteiger partial charge in [0, 0.05) is 10.9 Å². The fourth-order valence-corrected chi connectivity index (χ4v) is 1.77. The summed E-state index contributed by atoms with van der Waals surface area (Å²) in [7, 11) is 0. The lowest BCUT2D eigenvalue weighted by atomic mass is 10.1. The van der Waals surface area contributed by atoms with Crippen LogP contribution in [-0.4, -0.2) is 34.2 Å². The molecule has 0 fully saturated rings. The predicted molar refractivity (Wildman–Crippen MR) is 74.5 cm³/mol. The van der Waals surface area contributed by atoms with Crippen LogP contribution in [0.4, 0.5) is 14.9 Å². The molecule has 9 heteroatoms. The first-order valence-corrected chi connectivity index (χ1v) is 6.56. The van der Waals surface area contributed by atoms with Gasteiger partial charge in [-0.2, -0.15) is 0 Å². The Hall–Kier alpha value is -2.16. The summed E-state index contributed by atoms with van der Waals surface area (Å²) >= 11 is 3.05. The van der Waals surface area contributed by atoms with Crippen LogP contribution in [0.2, 0.25) is 0 Å². The Morgan fingerprint density at radius 3 is 2.48 bits per heavy atom. The highest BCUT2D eigenvalue weighted by atomic mass is 79.9. The number of carboxylic acid groups (broad SMARTS) is 2. The molecule has 0 aliphatic rings. The maximum absolute atomic E-state index is 13.5. The number of carbonyl (C=O) groups is 3. The monoisotopic (exact) mass is 362 g/mol. The molecule has 0 spiro atoms. The van der Waals surface area contributed by atoms with Gasteiger partial charge in [0.25, 0.3) is 0 Å². The average Bonchev–Trinajstić information content (AvgIpc) is 2.37. The van der Waals surface area contributed by atoms with Crippen molar-refractivity contribution in [2.75, 3.05) is 5.32 Å². The number of amides is 2. The molecule has 1 aromatic rings. The Morgan fingerprint density at radius 1 is 1.29 bits per heavy atom. The lowest BCUT2D eigenvalue weighted by molar-refractivity contribution is -0.140. The van der Waals surface area contributed by atoms with Gasteiger partial charge in [0.1, 0.15) is 11.9 Å². The molecule has 0 aliphatic heterocycles. The van der Waals surface area contributed by atoms with Crippen LogP contribution in [0.3, 0.4) is 0 Å². The topological polar surface area (TPSA) is 116 Å². The summed E-state index contributed by atoms with van der Waals surface area (Å²) < 4.78 is 14.0. The number of aliphatic carboxylic acids is 2. The minimum Gasteiger partial charge on any atom is -0.481 e. The molecule has 0 aromatic heterocycles. The first-order chi connectivity index (χ1) is 9.79. The normalized spacial score (nSPS) is 11.5. The third kappa shape index (κ3) is 5.78. The quantitative estimate of drug-likeness (QED) is 0.617. The highest BCUT2D eigenvalue weighted by molar-refractivity contribution is 9.10. The van der Waals surface area contributed by atoms with Gasteiger partial charge in [-0.1, -0.05) is 15.9 Å². The highest BCUT2D eigenvalue weighted by Crippen LogP contribution is 2.19. The molecule has 0 bridgehead atoms. The third-order valence-corrected chi connectivity index (χ3v) is 2.92. The SMILES string of the molecule is O=C(O)CCC(NC(=O)Nc1ccc(Br)cc1F)C(=O)O. The van der Waals surface area contributed by atoms with Crippen LogP contribution in [0.15, 0.2) is 22.7 Å². The van der Waals surface area contributed by atoms with E-state index in [1.54, 1.807) is 0 Å². The number of rotatable bonds is 6. The second-order valence-electron chi connectivity index (χ2n) is 4.05.